The minimum atomic E-state index is -4.74. The van der Waals surface area contributed by atoms with Gasteiger partial charge in [0.25, 0.3) is 11.8 Å². The number of ether oxygens (including phenoxy) is 23. The van der Waals surface area contributed by atoms with Gasteiger partial charge in [-0.15, -0.1) is 5.06 Å². The van der Waals surface area contributed by atoms with Crippen LogP contribution in [-0.4, -0.2) is 363 Å². The van der Waals surface area contributed by atoms with Gasteiger partial charge in [0.15, 0.2) is 0 Å². The van der Waals surface area contributed by atoms with E-state index in [-0.39, 0.29) is 36.1 Å². The molecule has 1 aromatic heterocycles. The summed E-state index contributed by atoms with van der Waals surface area (Å²) in [5.41, 5.74) is -0.513. The summed E-state index contributed by atoms with van der Waals surface area (Å²) in [5.74, 6) is -1.77. The van der Waals surface area contributed by atoms with Crippen LogP contribution in [0.15, 0.2) is 33.5 Å². The van der Waals surface area contributed by atoms with E-state index in [1.807, 2.05) is 20.8 Å². The van der Waals surface area contributed by atoms with Crippen LogP contribution in [0.1, 0.15) is 109 Å². The molecule has 1 saturated heterocycles. The fourth-order valence-electron chi connectivity index (χ4n) is 11.5. The van der Waals surface area contributed by atoms with Crippen LogP contribution in [0.25, 0.3) is 16.5 Å². The van der Waals surface area contributed by atoms with E-state index in [0.29, 0.717) is 397 Å². The smallest absolute Gasteiger partial charge is 0.417 e. The zero-order chi connectivity index (χ0) is 84.0. The van der Waals surface area contributed by atoms with Gasteiger partial charge in [0, 0.05) is 87.8 Å². The van der Waals surface area contributed by atoms with Crippen LogP contribution in [-0.2, 0) is 139 Å². The standard InChI is InChI=1S/C81H136F3N3O30/c1-5-69-68-80(2,3)86(73-67-74-71(65-70(69)73)72(81(82,83)84)66-79(92)116-74)19-11-6-8-13-75(88)85(17-10-7-9-14-78(91)117-87-76(89)15-16-77(87)90)18-12-20-94-23-24-96-27-28-98-31-32-100-35-36-102-39-40-104-43-44-106-47-48-108-51-52-110-55-56-112-59-60-114-63-64-115-62-61-113-58-57-111-54-53-109-50-49-107-46-45-105-42-41-103-38-37-101-34-33-99-30-29-97-26-25-95-22-21-93-4/h65-68H,5-64H2,1-4H3. The predicted molar refractivity (Wildman–Crippen MR) is 422 cm³/mol. The number of carbonyl (C=O) groups excluding carboxylic acids is 4. The minimum Gasteiger partial charge on any atom is -0.423 e. The quantitative estimate of drug-likeness (QED) is 0.0360. The Labute approximate surface area is 688 Å². The lowest BCUT2D eigenvalue weighted by Crippen LogP contribution is -2.45. The summed E-state index contributed by atoms with van der Waals surface area (Å²) in [7, 11) is 1.64. The van der Waals surface area contributed by atoms with E-state index < -0.39 is 40.7 Å². The van der Waals surface area contributed by atoms with E-state index >= 15 is 0 Å². The van der Waals surface area contributed by atoms with Gasteiger partial charge in [-0.1, -0.05) is 25.8 Å². The first kappa shape index (κ1) is 104. The van der Waals surface area contributed by atoms with Crippen molar-refractivity contribution in [2.45, 2.75) is 110 Å². The molecule has 0 radical (unpaired) electrons. The lowest BCUT2D eigenvalue weighted by atomic mass is 9.85. The maximum atomic E-state index is 14.1. The van der Waals surface area contributed by atoms with Crippen molar-refractivity contribution in [3.05, 3.63) is 45.8 Å². The number of methoxy groups -OCH3 is 1. The third-order valence-corrected chi connectivity index (χ3v) is 17.5. The molecule has 0 spiro atoms. The van der Waals surface area contributed by atoms with Crippen LogP contribution in [0.2, 0.25) is 0 Å². The number of hydroxylamine groups is 2. The molecule has 0 atom stereocenters. The van der Waals surface area contributed by atoms with Gasteiger partial charge in [-0.2, -0.15) is 13.2 Å². The number of amides is 3. The lowest BCUT2D eigenvalue weighted by Gasteiger charge is -2.44. The summed E-state index contributed by atoms with van der Waals surface area (Å²) >= 11 is 0. The molecule has 676 valence electrons. The molecule has 33 nitrogen and oxygen atoms in total. The molecule has 1 aromatic carbocycles. The van der Waals surface area contributed by atoms with Crippen LogP contribution < -0.4 is 10.5 Å². The number of hydrogen-bond acceptors (Lipinski definition) is 31. The molecule has 0 aliphatic carbocycles. The molecule has 0 bridgehead atoms. The Hall–Kier alpha value is -5.08. The van der Waals surface area contributed by atoms with Gasteiger partial charge in [0.05, 0.1) is 302 Å². The Balaban J connectivity index is 0.833. The number of unbranched alkanes of at least 4 members (excludes halogenated alkanes) is 4. The molecule has 1 fully saturated rings. The fourth-order valence-corrected chi connectivity index (χ4v) is 11.5. The van der Waals surface area contributed by atoms with Crippen molar-refractivity contribution in [1.29, 1.82) is 0 Å². The number of carbonyl (C=O) groups is 4. The number of hydrogen-bond donors (Lipinski definition) is 0. The molecular weight excluding hydrogens is 1550 g/mol. The molecule has 117 heavy (non-hydrogen) atoms. The van der Waals surface area contributed by atoms with Gasteiger partial charge in [0.2, 0.25) is 5.91 Å². The first-order valence-electron chi connectivity index (χ1n) is 41.4. The normalized spacial score (nSPS) is 13.6. The van der Waals surface area contributed by atoms with Crippen molar-refractivity contribution in [1.82, 2.24) is 9.96 Å². The number of imide groups is 1. The number of nitrogens with zero attached hydrogens (tertiary/aromatic N) is 3. The van der Waals surface area contributed by atoms with Crippen LogP contribution >= 0.6 is 0 Å². The second-order valence-electron chi connectivity index (χ2n) is 27.0. The summed E-state index contributed by atoms with van der Waals surface area (Å²) in [6.45, 7) is 28.3. The molecule has 2 aliphatic heterocycles. The average molecular weight is 1690 g/mol. The second kappa shape index (κ2) is 70.5. The highest BCUT2D eigenvalue weighted by Crippen LogP contribution is 2.44. The minimum absolute atomic E-state index is 0.0101. The van der Waals surface area contributed by atoms with E-state index in [9.17, 15) is 37.1 Å². The van der Waals surface area contributed by atoms with E-state index in [1.165, 1.54) is 6.07 Å². The molecule has 2 aliphatic rings. The van der Waals surface area contributed by atoms with Crippen molar-refractivity contribution >= 4 is 45.9 Å². The van der Waals surface area contributed by atoms with Crippen molar-refractivity contribution in [3.8, 4) is 0 Å². The zero-order valence-electron chi connectivity index (χ0n) is 70.0. The number of fused-ring (bicyclic) bond motifs is 2. The third-order valence-electron chi connectivity index (χ3n) is 17.5. The zero-order valence-corrected chi connectivity index (χ0v) is 70.0. The molecular formula is C81H136F3N3O30. The van der Waals surface area contributed by atoms with Gasteiger partial charge in [-0.25, -0.2) is 9.59 Å². The van der Waals surface area contributed by atoms with Crippen molar-refractivity contribution in [2.75, 3.05) is 329 Å². The highest BCUT2D eigenvalue weighted by atomic mass is 19.4. The molecule has 36 heteroatoms. The Morgan fingerprint density at radius 2 is 0.726 bits per heavy atom. The van der Waals surface area contributed by atoms with Gasteiger partial charge < -0.3 is 128 Å². The highest BCUT2D eigenvalue weighted by Gasteiger charge is 2.37. The van der Waals surface area contributed by atoms with Gasteiger partial charge in [0.1, 0.15) is 5.58 Å². The molecule has 0 saturated carbocycles. The Bertz CT molecular complexity index is 2890. The number of anilines is 1. The number of rotatable bonds is 84. The van der Waals surface area contributed by atoms with E-state index in [0.717, 1.165) is 5.57 Å². The first-order valence-corrected chi connectivity index (χ1v) is 41.4. The second-order valence-corrected chi connectivity index (χ2v) is 27.0. The van der Waals surface area contributed by atoms with Crippen molar-refractivity contribution in [2.24, 2.45) is 0 Å². The average Bonchev–Trinajstić information content (AvgIpc) is 1.14. The Kier molecular flexibility index (Phi) is 62.8. The first-order chi connectivity index (χ1) is 57.2. The molecule has 0 unspecified atom stereocenters. The summed E-state index contributed by atoms with van der Waals surface area (Å²) in [6, 6.07) is 3.51. The van der Waals surface area contributed by atoms with Gasteiger partial charge in [-0.3, -0.25) is 14.4 Å². The number of benzene rings is 1. The predicted octanol–water partition coefficient (Wildman–Crippen LogP) is 7.16. The topological polar surface area (TPSA) is 330 Å². The number of halogens is 3. The number of alkyl halides is 3. The summed E-state index contributed by atoms with van der Waals surface area (Å²) in [5, 5.41) is 0.367. The summed E-state index contributed by atoms with van der Waals surface area (Å²) in [4.78, 5) is 71.0. The largest absolute Gasteiger partial charge is 0.423 e. The maximum absolute atomic E-state index is 14.1. The van der Waals surface area contributed by atoms with Crippen LogP contribution in [0.3, 0.4) is 0 Å². The van der Waals surface area contributed by atoms with E-state index in [4.69, 9.17) is 118 Å². The third kappa shape index (κ3) is 52.8. The Morgan fingerprint density at radius 3 is 1.06 bits per heavy atom. The SMILES string of the molecule is CCC1=CC(C)(C)N(CCCCCC(=O)N(CCCCCC(=O)ON2C(=O)CCC2=O)CCCOCCOCCOCCOCCOCCOCCOCCOCCOCCOCCOCCOCCOCCOCCOCCOCCOCCOCCOCCOCCOCCOCCOC)c2cc3oc(=O)cc(C(F)(F)F)c3cc21. The number of allylic oxidation sites excluding steroid dienone is 1. The van der Waals surface area contributed by atoms with Crippen molar-refractivity contribution in [3.63, 3.8) is 0 Å². The maximum Gasteiger partial charge on any atom is 0.417 e. The lowest BCUT2D eigenvalue weighted by molar-refractivity contribution is -0.197. The van der Waals surface area contributed by atoms with Gasteiger partial charge in [-0.05, 0) is 64.0 Å². The molecule has 0 N–H and O–H groups in total. The van der Waals surface area contributed by atoms with Crippen LogP contribution in [0.4, 0.5) is 18.9 Å². The molecule has 3 amide bonds. The fraction of sp³-hybridized carbons (Fsp3) is 0.815. The summed E-state index contributed by atoms with van der Waals surface area (Å²) < 4.78 is 174. The molecule has 3 heterocycles. The van der Waals surface area contributed by atoms with Crippen molar-refractivity contribution < 1.29 is 151 Å². The molecule has 2 aromatic rings. The molecule has 4 rings (SSSR count). The van der Waals surface area contributed by atoms with E-state index in [1.54, 1.807) is 18.1 Å². The highest BCUT2D eigenvalue weighted by molar-refractivity contribution is 6.01. The monoisotopic (exact) mass is 1690 g/mol. The van der Waals surface area contributed by atoms with Crippen LogP contribution in [0.5, 0.6) is 0 Å². The Morgan fingerprint density at radius 1 is 0.410 bits per heavy atom. The summed E-state index contributed by atoms with van der Waals surface area (Å²) in [6.07, 6.45) is 2.45. The van der Waals surface area contributed by atoms with Gasteiger partial charge >= 0.3 is 17.8 Å². The van der Waals surface area contributed by atoms with E-state index in [2.05, 4.69) is 11.0 Å². The van der Waals surface area contributed by atoms with Crippen LogP contribution in [0, 0.1) is 0 Å².